The van der Waals surface area contributed by atoms with Crippen LogP contribution in [-0.4, -0.2) is 29.0 Å². The van der Waals surface area contributed by atoms with Crippen LogP contribution in [0.2, 0.25) is 0 Å². The second-order valence-electron chi connectivity index (χ2n) is 7.06. The van der Waals surface area contributed by atoms with Crippen molar-refractivity contribution in [2.45, 2.75) is 12.8 Å². The van der Waals surface area contributed by atoms with Crippen molar-refractivity contribution in [3.05, 3.63) is 72.6 Å². The number of nitrogens with one attached hydrogen (secondary N) is 1. The second-order valence-corrected chi connectivity index (χ2v) is 7.06. The molecule has 0 saturated carbocycles. The van der Waals surface area contributed by atoms with Gasteiger partial charge >= 0.3 is 0 Å². The number of rotatable bonds is 4. The predicted molar refractivity (Wildman–Crippen MR) is 112 cm³/mol. The van der Waals surface area contributed by atoms with Crippen LogP contribution in [0.3, 0.4) is 0 Å². The van der Waals surface area contributed by atoms with Gasteiger partial charge in [-0.25, -0.2) is 9.97 Å². The number of para-hydroxylation sites is 1. The Morgan fingerprint density at radius 3 is 2.72 bits per heavy atom. The van der Waals surface area contributed by atoms with Crippen LogP contribution in [-0.2, 0) is 4.79 Å². The molecule has 1 saturated heterocycles. The van der Waals surface area contributed by atoms with Gasteiger partial charge in [0.1, 0.15) is 18.2 Å². The molecule has 1 N–H and O–H groups in total. The molecule has 1 unspecified atom stereocenters. The Labute approximate surface area is 169 Å². The smallest absolute Gasteiger partial charge is 0.229 e. The maximum Gasteiger partial charge on any atom is 0.229 e. The normalized spacial score (nSPS) is 16.1. The van der Waals surface area contributed by atoms with Crippen LogP contribution in [0.4, 0.5) is 11.5 Å². The largest absolute Gasteiger partial charge is 0.356 e. The molecule has 0 spiro atoms. The number of piperidine rings is 1. The van der Waals surface area contributed by atoms with Crippen molar-refractivity contribution in [3.63, 3.8) is 0 Å². The van der Waals surface area contributed by atoms with E-state index in [1.54, 1.807) is 24.5 Å². The summed E-state index contributed by atoms with van der Waals surface area (Å²) < 4.78 is 0. The lowest BCUT2D eigenvalue weighted by Crippen LogP contribution is -2.41. The van der Waals surface area contributed by atoms with Gasteiger partial charge in [0.2, 0.25) is 5.91 Å². The topological polar surface area (TPSA) is 81.9 Å². The van der Waals surface area contributed by atoms with E-state index in [9.17, 15) is 10.1 Å². The molecule has 6 nitrogen and oxygen atoms in total. The van der Waals surface area contributed by atoms with E-state index in [0.717, 1.165) is 36.5 Å². The average Bonchev–Trinajstić information content (AvgIpc) is 2.80. The highest BCUT2D eigenvalue weighted by Gasteiger charge is 2.27. The van der Waals surface area contributed by atoms with Crippen LogP contribution in [0.15, 0.2) is 67.0 Å². The molecule has 29 heavy (non-hydrogen) atoms. The summed E-state index contributed by atoms with van der Waals surface area (Å²) in [6, 6.07) is 21.1. The Bertz CT molecular complexity index is 1040. The van der Waals surface area contributed by atoms with Gasteiger partial charge in [0, 0.05) is 24.7 Å². The number of nitriles is 1. The molecular formula is C23H21N5O. The number of benzene rings is 2. The minimum absolute atomic E-state index is 0.0604. The number of amides is 1. The fourth-order valence-corrected chi connectivity index (χ4v) is 3.61. The first-order chi connectivity index (χ1) is 14.2. The summed E-state index contributed by atoms with van der Waals surface area (Å²) in [5.74, 6) is 0.606. The summed E-state index contributed by atoms with van der Waals surface area (Å²) in [6.07, 6.45) is 3.29. The molecule has 144 valence electrons. The molecule has 1 aliphatic rings. The Morgan fingerprint density at radius 2 is 1.90 bits per heavy atom. The van der Waals surface area contributed by atoms with E-state index in [4.69, 9.17) is 0 Å². The van der Waals surface area contributed by atoms with Crippen LogP contribution >= 0.6 is 0 Å². The first kappa shape index (κ1) is 18.6. The molecule has 1 aromatic heterocycles. The fraction of sp³-hybridized carbons (Fsp3) is 0.217. The highest BCUT2D eigenvalue weighted by molar-refractivity contribution is 5.94. The Morgan fingerprint density at radius 1 is 1.10 bits per heavy atom. The molecule has 0 radical (unpaired) electrons. The molecule has 1 atom stereocenters. The van der Waals surface area contributed by atoms with Gasteiger partial charge in [-0.3, -0.25) is 4.79 Å². The van der Waals surface area contributed by atoms with E-state index < -0.39 is 0 Å². The molecule has 6 heteroatoms. The van der Waals surface area contributed by atoms with Gasteiger partial charge in [0.25, 0.3) is 0 Å². The van der Waals surface area contributed by atoms with E-state index >= 15 is 0 Å². The molecule has 3 aromatic rings. The lowest BCUT2D eigenvalue weighted by molar-refractivity contribution is -0.120. The third-order valence-electron chi connectivity index (χ3n) is 5.14. The Hall–Kier alpha value is -3.72. The number of nitrogens with zero attached hydrogens (tertiary/aromatic N) is 4. The number of hydrogen-bond acceptors (Lipinski definition) is 5. The van der Waals surface area contributed by atoms with Crippen molar-refractivity contribution >= 4 is 17.4 Å². The van der Waals surface area contributed by atoms with Gasteiger partial charge in [-0.05, 0) is 25.0 Å². The molecule has 1 fully saturated rings. The van der Waals surface area contributed by atoms with Gasteiger partial charge in [-0.1, -0.05) is 42.5 Å². The van der Waals surface area contributed by atoms with Gasteiger partial charge in [0.05, 0.1) is 22.9 Å². The highest BCUT2D eigenvalue weighted by atomic mass is 16.1. The van der Waals surface area contributed by atoms with E-state index in [2.05, 4.69) is 26.3 Å². The molecule has 1 amide bonds. The monoisotopic (exact) mass is 383 g/mol. The standard InChI is InChI=1S/C23H21N5O/c24-14-18-9-4-5-11-20(18)27-23(29)19-10-6-12-28(15-19)22-13-21(25-16-26-22)17-7-2-1-3-8-17/h1-5,7-9,11,13,16,19H,6,10,12,15H2,(H,27,29). The number of aromatic nitrogens is 2. The van der Waals surface area contributed by atoms with E-state index in [0.29, 0.717) is 17.8 Å². The predicted octanol–water partition coefficient (Wildman–Crippen LogP) is 3.87. The van der Waals surface area contributed by atoms with Gasteiger partial charge in [-0.2, -0.15) is 5.26 Å². The van der Waals surface area contributed by atoms with Crippen molar-refractivity contribution in [1.82, 2.24) is 9.97 Å². The van der Waals surface area contributed by atoms with Crippen LogP contribution in [0.25, 0.3) is 11.3 Å². The number of carbonyl (C=O) groups excluding carboxylic acids is 1. The van der Waals surface area contributed by atoms with E-state index in [1.807, 2.05) is 42.5 Å². The number of anilines is 2. The molecule has 0 bridgehead atoms. The Balaban J connectivity index is 1.49. The quantitative estimate of drug-likeness (QED) is 0.740. The zero-order valence-corrected chi connectivity index (χ0v) is 16.0. The molecule has 4 rings (SSSR count). The van der Waals surface area contributed by atoms with E-state index in [-0.39, 0.29) is 11.8 Å². The maximum atomic E-state index is 12.8. The van der Waals surface area contributed by atoms with Crippen molar-refractivity contribution in [2.24, 2.45) is 5.92 Å². The van der Waals surface area contributed by atoms with Gasteiger partial charge in [-0.15, -0.1) is 0 Å². The first-order valence-corrected chi connectivity index (χ1v) is 9.67. The van der Waals surface area contributed by atoms with Crippen molar-refractivity contribution in [3.8, 4) is 17.3 Å². The van der Waals surface area contributed by atoms with Crippen LogP contribution < -0.4 is 10.2 Å². The highest BCUT2D eigenvalue weighted by Crippen LogP contribution is 2.26. The SMILES string of the molecule is N#Cc1ccccc1NC(=O)C1CCCN(c2cc(-c3ccccc3)ncn2)C1. The third kappa shape index (κ3) is 4.25. The number of carbonyl (C=O) groups is 1. The Kier molecular flexibility index (Phi) is 5.48. The summed E-state index contributed by atoms with van der Waals surface area (Å²) in [4.78, 5) is 23.8. The first-order valence-electron chi connectivity index (χ1n) is 9.67. The average molecular weight is 383 g/mol. The van der Waals surface area contributed by atoms with Crippen molar-refractivity contribution in [2.75, 3.05) is 23.3 Å². The van der Waals surface area contributed by atoms with Crippen LogP contribution in [0, 0.1) is 17.2 Å². The van der Waals surface area contributed by atoms with Crippen molar-refractivity contribution < 1.29 is 4.79 Å². The van der Waals surface area contributed by atoms with Gasteiger partial charge in [0.15, 0.2) is 0 Å². The summed E-state index contributed by atoms with van der Waals surface area (Å²) in [6.45, 7) is 1.44. The summed E-state index contributed by atoms with van der Waals surface area (Å²) >= 11 is 0. The fourth-order valence-electron chi connectivity index (χ4n) is 3.61. The molecule has 1 aliphatic heterocycles. The van der Waals surface area contributed by atoms with Crippen LogP contribution in [0.5, 0.6) is 0 Å². The molecular weight excluding hydrogens is 362 g/mol. The third-order valence-corrected chi connectivity index (χ3v) is 5.14. The minimum Gasteiger partial charge on any atom is -0.356 e. The summed E-state index contributed by atoms with van der Waals surface area (Å²) in [5, 5.41) is 12.1. The molecule has 2 heterocycles. The van der Waals surface area contributed by atoms with E-state index in [1.165, 1.54) is 0 Å². The second kappa shape index (κ2) is 8.53. The van der Waals surface area contributed by atoms with Crippen LogP contribution in [0.1, 0.15) is 18.4 Å². The zero-order chi connectivity index (χ0) is 20.1. The zero-order valence-electron chi connectivity index (χ0n) is 16.0. The van der Waals surface area contributed by atoms with Gasteiger partial charge < -0.3 is 10.2 Å². The maximum absolute atomic E-state index is 12.8. The lowest BCUT2D eigenvalue weighted by Gasteiger charge is -2.33. The molecule has 0 aliphatic carbocycles. The summed E-state index contributed by atoms with van der Waals surface area (Å²) in [5.41, 5.74) is 2.93. The van der Waals surface area contributed by atoms with Crippen molar-refractivity contribution in [1.29, 1.82) is 5.26 Å². The molecule has 2 aromatic carbocycles. The summed E-state index contributed by atoms with van der Waals surface area (Å²) in [7, 11) is 0. The lowest BCUT2D eigenvalue weighted by atomic mass is 9.96. The number of hydrogen-bond donors (Lipinski definition) is 1. The minimum atomic E-state index is -0.161.